The van der Waals surface area contributed by atoms with Crippen LogP contribution in [0, 0.1) is 13.8 Å². The highest BCUT2D eigenvalue weighted by molar-refractivity contribution is 6.16. The Labute approximate surface area is 148 Å². The fourth-order valence-corrected chi connectivity index (χ4v) is 3.97. The summed E-state index contributed by atoms with van der Waals surface area (Å²) < 4.78 is 1.97. The van der Waals surface area contributed by atoms with E-state index in [2.05, 4.69) is 36.3 Å². The van der Waals surface area contributed by atoms with Crippen molar-refractivity contribution < 1.29 is 4.79 Å². The van der Waals surface area contributed by atoms with Gasteiger partial charge in [-0.15, -0.1) is 0 Å². The van der Waals surface area contributed by atoms with Crippen LogP contribution in [0.25, 0.3) is 16.8 Å². The molecule has 25 heavy (non-hydrogen) atoms. The molecule has 0 radical (unpaired) electrons. The largest absolute Gasteiger partial charge is 0.289 e. The van der Waals surface area contributed by atoms with Crippen LogP contribution in [-0.2, 0) is 19.4 Å². The summed E-state index contributed by atoms with van der Waals surface area (Å²) in [4.78, 5) is 12.9. The minimum atomic E-state index is 0.0543. The van der Waals surface area contributed by atoms with E-state index in [1.54, 1.807) is 6.08 Å². The van der Waals surface area contributed by atoms with Crippen molar-refractivity contribution in [3.05, 3.63) is 70.0 Å². The van der Waals surface area contributed by atoms with E-state index in [1.165, 1.54) is 16.5 Å². The molecule has 0 fully saturated rings. The number of ketones is 1. The quantitative estimate of drug-likeness (QED) is 0.515. The van der Waals surface area contributed by atoms with Gasteiger partial charge in [-0.1, -0.05) is 30.3 Å². The van der Waals surface area contributed by atoms with Gasteiger partial charge in [0.1, 0.15) is 0 Å². The zero-order valence-electron chi connectivity index (χ0n) is 15.0. The lowest BCUT2D eigenvalue weighted by Gasteiger charge is -2.06. The van der Waals surface area contributed by atoms with Crippen LogP contribution in [-0.4, -0.2) is 15.6 Å². The molecule has 1 aliphatic carbocycles. The summed E-state index contributed by atoms with van der Waals surface area (Å²) in [5, 5.41) is 6.88. The van der Waals surface area contributed by atoms with Crippen LogP contribution in [0.15, 0.2) is 36.4 Å². The number of nitrogens with zero attached hydrogens (tertiary/aromatic N) is 2. The van der Waals surface area contributed by atoms with Gasteiger partial charge in [0.05, 0.1) is 5.69 Å². The van der Waals surface area contributed by atoms with Crippen molar-refractivity contribution in [2.45, 2.75) is 40.2 Å². The maximum Gasteiger partial charge on any atom is 0.186 e. The van der Waals surface area contributed by atoms with Gasteiger partial charge in [0.25, 0.3) is 0 Å². The van der Waals surface area contributed by atoms with Gasteiger partial charge in [-0.2, -0.15) is 5.10 Å². The smallest absolute Gasteiger partial charge is 0.186 e. The van der Waals surface area contributed by atoms with Gasteiger partial charge >= 0.3 is 0 Å². The molecule has 3 nitrogen and oxygen atoms in total. The monoisotopic (exact) mass is 330 g/mol. The number of aryl methyl sites for hydroxylation is 4. The molecule has 0 bridgehead atoms. The van der Waals surface area contributed by atoms with Crippen molar-refractivity contribution in [2.24, 2.45) is 0 Å². The first-order valence-electron chi connectivity index (χ1n) is 8.90. The first-order valence-corrected chi connectivity index (χ1v) is 8.90. The van der Waals surface area contributed by atoms with Crippen LogP contribution >= 0.6 is 0 Å². The van der Waals surface area contributed by atoms with E-state index < -0.39 is 0 Å². The lowest BCUT2D eigenvalue weighted by atomic mass is 9.97. The van der Waals surface area contributed by atoms with Crippen LogP contribution in [0.1, 0.15) is 45.4 Å². The Morgan fingerprint density at radius 2 is 1.92 bits per heavy atom. The van der Waals surface area contributed by atoms with Gasteiger partial charge in [-0.25, -0.2) is 0 Å². The third-order valence-electron chi connectivity index (χ3n) is 5.28. The van der Waals surface area contributed by atoms with Gasteiger partial charge < -0.3 is 0 Å². The van der Waals surface area contributed by atoms with E-state index in [0.29, 0.717) is 0 Å². The lowest BCUT2D eigenvalue weighted by molar-refractivity contribution is 0.104. The number of aromatic nitrogens is 2. The van der Waals surface area contributed by atoms with Gasteiger partial charge in [-0.05, 0) is 67.7 Å². The molecule has 0 N–H and O–H groups in total. The van der Waals surface area contributed by atoms with Crippen molar-refractivity contribution in [1.82, 2.24) is 9.78 Å². The molecule has 0 saturated heterocycles. The summed E-state index contributed by atoms with van der Waals surface area (Å²) in [6.45, 7) is 6.95. The molecule has 3 heteroatoms. The van der Waals surface area contributed by atoms with Crippen molar-refractivity contribution in [1.29, 1.82) is 0 Å². The van der Waals surface area contributed by atoms with E-state index in [0.717, 1.165) is 47.3 Å². The number of hydrogen-bond acceptors (Lipinski definition) is 2. The molecule has 126 valence electrons. The second-order valence-electron chi connectivity index (χ2n) is 6.71. The predicted molar refractivity (Wildman–Crippen MR) is 102 cm³/mol. The summed E-state index contributed by atoms with van der Waals surface area (Å²) in [6, 6.07) is 10.4. The molecule has 0 unspecified atom stereocenters. The van der Waals surface area contributed by atoms with Crippen LogP contribution < -0.4 is 0 Å². The van der Waals surface area contributed by atoms with Gasteiger partial charge in [-0.3, -0.25) is 9.48 Å². The van der Waals surface area contributed by atoms with Crippen molar-refractivity contribution in [3.8, 4) is 0 Å². The van der Waals surface area contributed by atoms with E-state index in [1.807, 2.05) is 30.7 Å². The molecule has 1 heterocycles. The van der Waals surface area contributed by atoms with Gasteiger partial charge in [0.2, 0.25) is 0 Å². The molecule has 2 aromatic carbocycles. The summed E-state index contributed by atoms with van der Waals surface area (Å²) in [6.07, 6.45) is 5.76. The molecule has 4 rings (SSSR count). The maximum absolute atomic E-state index is 12.9. The second-order valence-corrected chi connectivity index (χ2v) is 6.71. The number of hydrogen-bond donors (Lipinski definition) is 0. The minimum Gasteiger partial charge on any atom is -0.289 e. The van der Waals surface area contributed by atoms with E-state index in [4.69, 9.17) is 0 Å². The fraction of sp³-hybridized carbons (Fsp3) is 0.273. The Hall–Kier alpha value is -2.68. The standard InChI is InChI=1S/C22H22N2O/c1-4-24-15(3)18(14(2)23-24)12-13-21(25)19-11-10-17-9-8-16-6-5-7-20(19)22(16)17/h5-7,10-13H,4,8-9H2,1-3H3/b13-12+. The van der Waals surface area contributed by atoms with Crippen molar-refractivity contribution in [2.75, 3.05) is 0 Å². The highest BCUT2D eigenvalue weighted by Gasteiger charge is 2.18. The SMILES string of the molecule is CCn1nc(C)c(/C=C/C(=O)c2ccc3c4c(cccc24)CC3)c1C. The van der Waals surface area contributed by atoms with Crippen LogP contribution in [0.3, 0.4) is 0 Å². The average molecular weight is 330 g/mol. The molecule has 0 amide bonds. The molecule has 3 aromatic rings. The van der Waals surface area contributed by atoms with Gasteiger partial charge in [0.15, 0.2) is 5.78 Å². The number of rotatable bonds is 4. The van der Waals surface area contributed by atoms with Crippen LogP contribution in [0.2, 0.25) is 0 Å². The van der Waals surface area contributed by atoms with E-state index in [9.17, 15) is 4.79 Å². The minimum absolute atomic E-state index is 0.0543. The number of benzene rings is 2. The van der Waals surface area contributed by atoms with E-state index >= 15 is 0 Å². The highest BCUT2D eigenvalue weighted by Crippen LogP contribution is 2.33. The number of carbonyl (C=O) groups excluding carboxylic acids is 1. The summed E-state index contributed by atoms with van der Waals surface area (Å²) >= 11 is 0. The maximum atomic E-state index is 12.9. The summed E-state index contributed by atoms with van der Waals surface area (Å²) in [5.41, 5.74) is 6.62. The lowest BCUT2D eigenvalue weighted by Crippen LogP contribution is -1.99. The molecule has 0 aliphatic heterocycles. The topological polar surface area (TPSA) is 34.9 Å². The normalized spacial score (nSPS) is 13.2. The zero-order chi connectivity index (χ0) is 17.6. The van der Waals surface area contributed by atoms with Crippen molar-refractivity contribution >= 4 is 22.6 Å². The Morgan fingerprint density at radius 1 is 1.16 bits per heavy atom. The zero-order valence-corrected chi connectivity index (χ0v) is 15.0. The van der Waals surface area contributed by atoms with Crippen LogP contribution in [0.5, 0.6) is 0 Å². The third-order valence-corrected chi connectivity index (χ3v) is 5.28. The molecule has 1 aromatic heterocycles. The second kappa shape index (κ2) is 5.99. The number of carbonyl (C=O) groups is 1. The number of allylic oxidation sites excluding steroid dienone is 1. The Kier molecular flexibility index (Phi) is 3.79. The van der Waals surface area contributed by atoms with Crippen LogP contribution in [0.4, 0.5) is 0 Å². The third kappa shape index (κ3) is 2.51. The summed E-state index contributed by atoms with van der Waals surface area (Å²) in [5.74, 6) is 0.0543. The predicted octanol–water partition coefficient (Wildman–Crippen LogP) is 4.67. The molecule has 0 saturated carbocycles. The molecule has 0 atom stereocenters. The van der Waals surface area contributed by atoms with E-state index in [-0.39, 0.29) is 5.78 Å². The highest BCUT2D eigenvalue weighted by atomic mass is 16.1. The Balaban J connectivity index is 1.74. The van der Waals surface area contributed by atoms with Gasteiger partial charge in [0, 0.05) is 23.4 Å². The molecule has 1 aliphatic rings. The fourth-order valence-electron chi connectivity index (χ4n) is 3.97. The first kappa shape index (κ1) is 15.8. The Morgan fingerprint density at radius 3 is 2.64 bits per heavy atom. The van der Waals surface area contributed by atoms with Crippen molar-refractivity contribution in [3.63, 3.8) is 0 Å². The first-order chi connectivity index (χ1) is 12.1. The molecule has 0 spiro atoms. The molecular weight excluding hydrogens is 308 g/mol. The average Bonchev–Trinajstić information content (AvgIpc) is 3.16. The molecular formula is C22H22N2O. The summed E-state index contributed by atoms with van der Waals surface area (Å²) in [7, 11) is 0. The Bertz CT molecular complexity index is 1010.